The monoisotopic (exact) mass is 356 g/mol. The van der Waals surface area contributed by atoms with Gasteiger partial charge in [-0.15, -0.1) is 0 Å². The Morgan fingerprint density at radius 3 is 2.65 bits per heavy atom. The van der Waals surface area contributed by atoms with E-state index in [1.54, 1.807) is 35.4 Å². The van der Waals surface area contributed by atoms with E-state index in [0.29, 0.717) is 11.4 Å². The Morgan fingerprint density at radius 2 is 1.92 bits per heavy atom. The quantitative estimate of drug-likeness (QED) is 0.634. The van der Waals surface area contributed by atoms with Crippen molar-refractivity contribution in [2.24, 2.45) is 0 Å². The van der Waals surface area contributed by atoms with E-state index >= 15 is 0 Å². The Kier molecular flexibility index (Phi) is 4.97. The fourth-order valence-corrected chi connectivity index (χ4v) is 3.13. The van der Waals surface area contributed by atoms with E-state index in [9.17, 15) is 14.7 Å². The van der Waals surface area contributed by atoms with Gasteiger partial charge in [0, 0.05) is 18.3 Å². The number of benzene rings is 1. The summed E-state index contributed by atoms with van der Waals surface area (Å²) >= 11 is 0. The van der Waals surface area contributed by atoms with Crippen molar-refractivity contribution in [1.29, 1.82) is 0 Å². The van der Waals surface area contributed by atoms with E-state index in [2.05, 4.69) is 5.32 Å². The predicted molar refractivity (Wildman–Crippen MR) is 96.7 cm³/mol. The highest BCUT2D eigenvalue weighted by atomic mass is 16.5. The second-order valence-electron chi connectivity index (χ2n) is 5.80. The number of rotatable bonds is 3. The van der Waals surface area contributed by atoms with E-state index in [1.807, 2.05) is 0 Å². The van der Waals surface area contributed by atoms with E-state index in [0.717, 1.165) is 24.9 Å². The van der Waals surface area contributed by atoms with Crippen LogP contribution in [0.2, 0.25) is 0 Å². The Balaban J connectivity index is 2.22. The minimum Gasteiger partial charge on any atom is -0.506 e. The highest BCUT2D eigenvalue weighted by molar-refractivity contribution is 6.05. The van der Waals surface area contributed by atoms with Crippen LogP contribution in [0.15, 0.2) is 47.8 Å². The summed E-state index contributed by atoms with van der Waals surface area (Å²) in [6.07, 6.45) is 8.18. The lowest BCUT2D eigenvalue weighted by atomic mass is 9.99. The number of aromatic hydroxyl groups is 1. The fraction of sp³-hybridized carbons (Fsp3) is 0.263. The van der Waals surface area contributed by atoms with E-state index < -0.39 is 11.9 Å². The van der Waals surface area contributed by atoms with Crippen molar-refractivity contribution >= 4 is 23.3 Å². The number of carbonyl (C=O) groups is 2. The van der Waals surface area contributed by atoms with Crippen LogP contribution in [0.1, 0.15) is 12.0 Å². The van der Waals surface area contributed by atoms with E-state index in [1.165, 1.54) is 20.3 Å². The topological polar surface area (TPSA) is 88.1 Å². The zero-order valence-electron chi connectivity index (χ0n) is 14.6. The number of phenols is 1. The van der Waals surface area contributed by atoms with E-state index in [-0.39, 0.29) is 17.0 Å². The Hall–Kier alpha value is -3.22. The summed E-state index contributed by atoms with van der Waals surface area (Å²) in [5.41, 5.74) is 2.35. The number of esters is 2. The fourth-order valence-electron chi connectivity index (χ4n) is 3.13. The molecule has 2 aliphatic heterocycles. The molecule has 2 N–H and O–H groups in total. The van der Waals surface area contributed by atoms with Crippen LogP contribution in [-0.2, 0) is 25.5 Å². The molecule has 0 unspecified atom stereocenters. The molecule has 1 aromatic carbocycles. The van der Waals surface area contributed by atoms with Crippen molar-refractivity contribution in [2.45, 2.75) is 12.8 Å². The largest absolute Gasteiger partial charge is 0.506 e. The first-order valence-corrected chi connectivity index (χ1v) is 8.22. The molecule has 0 spiro atoms. The first-order chi connectivity index (χ1) is 12.6. The van der Waals surface area contributed by atoms with Crippen LogP contribution in [0, 0.1) is 0 Å². The van der Waals surface area contributed by atoms with Crippen molar-refractivity contribution < 1.29 is 24.2 Å². The SMILES string of the molecule is COC(=O)C1=C(C(=O)OC)N(c2ccc(O)c3c2CCCN3)C=CC=C1. The molecule has 2 aliphatic rings. The van der Waals surface area contributed by atoms with Crippen LogP contribution in [0.25, 0.3) is 0 Å². The standard InChI is InChI=1S/C19H20N2O5/c1-25-18(23)13-6-3-4-11-21(17(13)19(24)26-2)14-8-9-15(22)16-12(14)7-5-10-20-16/h3-4,6,8-9,11,20,22H,5,7,10H2,1-2H3. The number of nitrogens with zero attached hydrogens (tertiary/aromatic N) is 1. The molecule has 0 radical (unpaired) electrons. The van der Waals surface area contributed by atoms with Crippen LogP contribution >= 0.6 is 0 Å². The van der Waals surface area contributed by atoms with Crippen molar-refractivity contribution in [1.82, 2.24) is 0 Å². The van der Waals surface area contributed by atoms with Gasteiger partial charge in [-0.2, -0.15) is 0 Å². The van der Waals surface area contributed by atoms with Crippen LogP contribution in [-0.4, -0.2) is 37.8 Å². The third kappa shape index (κ3) is 3.03. The van der Waals surface area contributed by atoms with Crippen molar-refractivity contribution in [3.05, 3.63) is 53.4 Å². The average Bonchev–Trinajstić information content (AvgIpc) is 2.90. The summed E-state index contributed by atoms with van der Waals surface area (Å²) in [5.74, 6) is -1.15. The molecule has 0 aliphatic carbocycles. The van der Waals surface area contributed by atoms with Gasteiger partial charge in [0.05, 0.1) is 31.2 Å². The van der Waals surface area contributed by atoms with Gasteiger partial charge in [-0.25, -0.2) is 9.59 Å². The molecule has 136 valence electrons. The molecule has 7 nitrogen and oxygen atoms in total. The van der Waals surface area contributed by atoms with Gasteiger partial charge in [0.1, 0.15) is 11.4 Å². The summed E-state index contributed by atoms with van der Waals surface area (Å²) < 4.78 is 9.73. The molecule has 1 aromatic rings. The number of fused-ring (bicyclic) bond motifs is 1. The molecule has 3 rings (SSSR count). The van der Waals surface area contributed by atoms with Crippen molar-refractivity contribution in [3.8, 4) is 5.75 Å². The Labute approximate surface area is 151 Å². The number of phenolic OH excluding ortho intramolecular Hbond substituents is 1. The van der Waals surface area contributed by atoms with Gasteiger partial charge in [-0.05, 0) is 37.1 Å². The lowest BCUT2D eigenvalue weighted by Gasteiger charge is -2.29. The zero-order valence-corrected chi connectivity index (χ0v) is 14.6. The number of ether oxygens (including phenoxy) is 2. The van der Waals surface area contributed by atoms with Crippen LogP contribution in [0.5, 0.6) is 5.75 Å². The number of nitrogens with one attached hydrogen (secondary N) is 1. The summed E-state index contributed by atoms with van der Waals surface area (Å²) in [7, 11) is 2.52. The average molecular weight is 356 g/mol. The van der Waals surface area contributed by atoms with Gasteiger partial charge in [0.15, 0.2) is 0 Å². The Morgan fingerprint density at radius 1 is 1.15 bits per heavy atom. The molecule has 0 aromatic heterocycles. The second kappa shape index (κ2) is 7.35. The first-order valence-electron chi connectivity index (χ1n) is 8.22. The minimum atomic E-state index is -0.660. The minimum absolute atomic E-state index is 0.0582. The molecule has 0 bridgehead atoms. The Bertz CT molecular complexity index is 839. The third-order valence-electron chi connectivity index (χ3n) is 4.32. The maximum Gasteiger partial charge on any atom is 0.355 e. The maximum atomic E-state index is 12.5. The molecular formula is C19H20N2O5. The summed E-state index contributed by atoms with van der Waals surface area (Å²) in [4.78, 5) is 26.3. The highest BCUT2D eigenvalue weighted by Gasteiger charge is 2.30. The number of carbonyl (C=O) groups excluding carboxylic acids is 2. The number of anilines is 2. The van der Waals surface area contributed by atoms with E-state index in [4.69, 9.17) is 9.47 Å². The predicted octanol–water partition coefficient (Wildman–Crippen LogP) is 2.24. The zero-order chi connectivity index (χ0) is 18.7. The molecule has 26 heavy (non-hydrogen) atoms. The lowest BCUT2D eigenvalue weighted by Crippen LogP contribution is -2.28. The van der Waals surface area contributed by atoms with Gasteiger partial charge in [0.25, 0.3) is 0 Å². The number of methoxy groups -OCH3 is 2. The molecule has 2 heterocycles. The van der Waals surface area contributed by atoms with Crippen LogP contribution in [0.4, 0.5) is 11.4 Å². The molecule has 0 saturated heterocycles. The summed E-state index contributed by atoms with van der Waals surface area (Å²) in [6, 6.07) is 3.28. The van der Waals surface area contributed by atoms with Crippen LogP contribution in [0.3, 0.4) is 0 Å². The van der Waals surface area contributed by atoms with Gasteiger partial charge >= 0.3 is 11.9 Å². The number of hydrogen-bond donors (Lipinski definition) is 2. The lowest BCUT2D eigenvalue weighted by molar-refractivity contribution is -0.139. The van der Waals surface area contributed by atoms with Gasteiger partial charge < -0.3 is 24.8 Å². The molecule has 0 atom stereocenters. The van der Waals surface area contributed by atoms with Crippen LogP contribution < -0.4 is 10.2 Å². The number of hydrogen-bond acceptors (Lipinski definition) is 7. The van der Waals surface area contributed by atoms with Gasteiger partial charge in [-0.3, -0.25) is 0 Å². The molecule has 0 fully saturated rings. The number of allylic oxidation sites excluding steroid dienone is 2. The molecule has 0 saturated carbocycles. The normalized spacial score (nSPS) is 15.8. The van der Waals surface area contributed by atoms with Crippen molar-refractivity contribution in [2.75, 3.05) is 31.0 Å². The summed E-state index contributed by atoms with van der Waals surface area (Å²) in [6.45, 7) is 0.758. The maximum absolute atomic E-state index is 12.5. The first kappa shape index (κ1) is 17.6. The van der Waals surface area contributed by atoms with Gasteiger partial charge in [0.2, 0.25) is 0 Å². The summed E-state index contributed by atoms with van der Waals surface area (Å²) in [5, 5.41) is 13.3. The second-order valence-corrected chi connectivity index (χ2v) is 5.80. The molecular weight excluding hydrogens is 336 g/mol. The molecule has 0 amide bonds. The smallest absolute Gasteiger partial charge is 0.355 e. The van der Waals surface area contributed by atoms with Crippen molar-refractivity contribution in [3.63, 3.8) is 0 Å². The highest BCUT2D eigenvalue weighted by Crippen LogP contribution is 2.40. The van der Waals surface area contributed by atoms with Gasteiger partial charge in [-0.1, -0.05) is 6.08 Å². The third-order valence-corrected chi connectivity index (χ3v) is 4.32. The molecule has 7 heteroatoms.